The zero-order chi connectivity index (χ0) is 12.4. The normalized spacial score (nSPS) is 14.8. The van der Waals surface area contributed by atoms with Crippen molar-refractivity contribution in [2.75, 3.05) is 6.54 Å². The third-order valence-electron chi connectivity index (χ3n) is 2.64. The van der Waals surface area contributed by atoms with Crippen LogP contribution in [0.15, 0.2) is 47.1 Å². The number of hydrogen-bond donors (Lipinski definition) is 0. The van der Waals surface area contributed by atoms with Crippen molar-refractivity contribution in [3.63, 3.8) is 0 Å². The second-order valence-corrected chi connectivity index (χ2v) is 4.97. The molecule has 0 unspecified atom stereocenters. The maximum atomic E-state index is 5.89. The molecule has 1 nitrogen and oxygen atoms in total. The Hall–Kier alpha value is 0.114. The Labute approximate surface area is 147 Å². The van der Waals surface area contributed by atoms with Crippen LogP contribution in [0.25, 0.3) is 5.70 Å². The SMILES string of the molecule is C=C1C(Br)=C[C-]=C(c2ccc(Cl)cc2)N1CC.[Y]. The smallest absolute Gasteiger partial charge is 0.0385 e. The average Bonchev–Trinajstić information content (AvgIpc) is 2.34. The summed E-state index contributed by atoms with van der Waals surface area (Å²) in [7, 11) is 0. The number of hydrogen-bond acceptors (Lipinski definition) is 1. The molecule has 0 fully saturated rings. The topological polar surface area (TPSA) is 3.24 Å². The minimum atomic E-state index is 0. The van der Waals surface area contributed by atoms with Crippen molar-refractivity contribution in [3.05, 3.63) is 63.8 Å². The number of nitrogens with zero attached hydrogens (tertiary/aromatic N) is 1. The van der Waals surface area contributed by atoms with Crippen molar-refractivity contribution in [2.24, 2.45) is 0 Å². The molecule has 0 saturated heterocycles. The van der Waals surface area contributed by atoms with E-state index in [1.807, 2.05) is 30.3 Å². The molecule has 1 aromatic rings. The van der Waals surface area contributed by atoms with E-state index in [0.29, 0.717) is 0 Å². The molecule has 0 atom stereocenters. The fourth-order valence-electron chi connectivity index (χ4n) is 1.75. The van der Waals surface area contributed by atoms with Gasteiger partial charge in [-0.2, -0.15) is 12.2 Å². The van der Waals surface area contributed by atoms with Crippen LogP contribution in [0.3, 0.4) is 0 Å². The molecule has 2 rings (SSSR count). The van der Waals surface area contributed by atoms with Crippen molar-refractivity contribution in [2.45, 2.75) is 6.92 Å². The van der Waals surface area contributed by atoms with Gasteiger partial charge in [-0.1, -0.05) is 46.1 Å². The van der Waals surface area contributed by atoms with Crippen LogP contribution in [0, 0.1) is 6.08 Å². The van der Waals surface area contributed by atoms with E-state index in [-0.39, 0.29) is 32.7 Å². The van der Waals surface area contributed by atoms with Crippen molar-refractivity contribution in [1.82, 2.24) is 4.90 Å². The molecule has 1 aliphatic heterocycles. The second kappa shape index (κ2) is 7.05. The molecule has 0 N–H and O–H groups in total. The molecule has 0 amide bonds. The predicted molar refractivity (Wildman–Crippen MR) is 76.6 cm³/mol. The van der Waals surface area contributed by atoms with Gasteiger partial charge in [-0.05, 0) is 12.6 Å². The molecular formula is C14H12BrClNY-. The Morgan fingerprint density at radius 3 is 2.50 bits per heavy atom. The van der Waals surface area contributed by atoms with Crippen LogP contribution >= 0.6 is 27.5 Å². The Balaban J connectivity index is 0.00000162. The van der Waals surface area contributed by atoms with Gasteiger partial charge in [0.2, 0.25) is 0 Å². The number of rotatable bonds is 2. The van der Waals surface area contributed by atoms with Crippen LogP contribution in [-0.4, -0.2) is 11.4 Å². The minimum absolute atomic E-state index is 0. The standard InChI is InChI=1S/C14H12BrClN.Y/c1-3-17-10(2)13(15)8-9-14(17)11-4-6-12(16)7-5-11;/h4-8H,2-3H2,1H3;/q-1;. The van der Waals surface area contributed by atoms with E-state index in [9.17, 15) is 0 Å². The van der Waals surface area contributed by atoms with E-state index in [4.69, 9.17) is 11.6 Å². The quantitative estimate of drug-likeness (QED) is 0.658. The Bertz CT molecular complexity index is 505. The first-order chi connectivity index (χ1) is 8.13. The maximum absolute atomic E-state index is 5.89. The summed E-state index contributed by atoms with van der Waals surface area (Å²) >= 11 is 9.36. The maximum Gasteiger partial charge on any atom is 0.0385 e. The fraction of sp³-hybridized carbons (Fsp3) is 0.143. The van der Waals surface area contributed by atoms with E-state index in [2.05, 4.69) is 40.4 Å². The first kappa shape index (κ1) is 16.2. The molecule has 1 heterocycles. The molecule has 0 aliphatic carbocycles. The van der Waals surface area contributed by atoms with E-state index in [1.54, 1.807) is 0 Å². The zero-order valence-electron chi connectivity index (χ0n) is 10.1. The van der Waals surface area contributed by atoms with Gasteiger partial charge in [-0.15, -0.1) is 28.1 Å². The number of benzene rings is 1. The van der Waals surface area contributed by atoms with Crippen molar-refractivity contribution in [3.8, 4) is 0 Å². The molecule has 1 aliphatic rings. The van der Waals surface area contributed by atoms with E-state index in [1.165, 1.54) is 0 Å². The second-order valence-electron chi connectivity index (χ2n) is 3.68. The summed E-state index contributed by atoms with van der Waals surface area (Å²) in [5.41, 5.74) is 3.07. The molecular weight excluding hydrogens is 386 g/mol. The van der Waals surface area contributed by atoms with Crippen LogP contribution in [0.4, 0.5) is 0 Å². The Morgan fingerprint density at radius 1 is 1.33 bits per heavy atom. The van der Waals surface area contributed by atoms with Crippen LogP contribution in [-0.2, 0) is 32.7 Å². The third-order valence-corrected chi connectivity index (χ3v) is 3.58. The van der Waals surface area contributed by atoms with Gasteiger partial charge in [0.25, 0.3) is 0 Å². The number of allylic oxidation sites excluding steroid dienone is 3. The Kier molecular flexibility index (Phi) is 6.33. The summed E-state index contributed by atoms with van der Waals surface area (Å²) in [6.07, 6.45) is 5.17. The van der Waals surface area contributed by atoms with Gasteiger partial charge in [-0.25, -0.2) is 0 Å². The molecule has 1 aromatic carbocycles. The molecule has 4 heteroatoms. The summed E-state index contributed by atoms with van der Waals surface area (Å²) in [6.45, 7) is 7.01. The third kappa shape index (κ3) is 3.36. The number of likely N-dealkylation sites (N-methyl/N-ethyl adjacent to an activating group) is 1. The van der Waals surface area contributed by atoms with Gasteiger partial charge in [-0.3, -0.25) is 0 Å². The van der Waals surface area contributed by atoms with Crippen LogP contribution < -0.4 is 0 Å². The van der Waals surface area contributed by atoms with Crippen LogP contribution in [0.1, 0.15) is 12.5 Å². The molecule has 18 heavy (non-hydrogen) atoms. The van der Waals surface area contributed by atoms with E-state index < -0.39 is 0 Å². The largest absolute Gasteiger partial charge is 0.375 e. The fourth-order valence-corrected chi connectivity index (χ4v) is 2.21. The summed E-state index contributed by atoms with van der Waals surface area (Å²) in [5, 5.41) is 0.740. The molecule has 0 aromatic heterocycles. The van der Waals surface area contributed by atoms with Gasteiger partial charge in [0.1, 0.15) is 0 Å². The van der Waals surface area contributed by atoms with Crippen LogP contribution in [0.5, 0.6) is 0 Å². The molecule has 1 radical (unpaired) electrons. The number of halogens is 2. The predicted octanol–water partition coefficient (Wildman–Crippen LogP) is 4.61. The van der Waals surface area contributed by atoms with Gasteiger partial charge >= 0.3 is 0 Å². The van der Waals surface area contributed by atoms with E-state index >= 15 is 0 Å². The van der Waals surface area contributed by atoms with Gasteiger partial charge < -0.3 is 4.90 Å². The molecule has 0 spiro atoms. The molecule has 91 valence electrons. The van der Waals surface area contributed by atoms with Crippen molar-refractivity contribution < 1.29 is 32.7 Å². The van der Waals surface area contributed by atoms with Gasteiger partial charge in [0.15, 0.2) is 0 Å². The summed E-state index contributed by atoms with van der Waals surface area (Å²) in [6, 6.07) is 7.76. The Morgan fingerprint density at radius 2 is 1.94 bits per heavy atom. The summed E-state index contributed by atoms with van der Waals surface area (Å²) in [4.78, 5) is 2.12. The summed E-state index contributed by atoms with van der Waals surface area (Å²) in [5.74, 6) is 0. The molecule has 0 bridgehead atoms. The average molecular weight is 399 g/mol. The monoisotopic (exact) mass is 397 g/mol. The summed E-state index contributed by atoms with van der Waals surface area (Å²) < 4.78 is 0.970. The van der Waals surface area contributed by atoms with Crippen LogP contribution in [0.2, 0.25) is 5.02 Å². The first-order valence-corrected chi connectivity index (χ1v) is 6.52. The zero-order valence-corrected chi connectivity index (χ0v) is 15.3. The van der Waals surface area contributed by atoms with Crippen molar-refractivity contribution >= 4 is 33.2 Å². The van der Waals surface area contributed by atoms with Gasteiger partial charge in [0, 0.05) is 44.3 Å². The van der Waals surface area contributed by atoms with Crippen molar-refractivity contribution in [1.29, 1.82) is 0 Å². The van der Waals surface area contributed by atoms with E-state index in [0.717, 1.165) is 33.0 Å². The minimum Gasteiger partial charge on any atom is -0.375 e. The first-order valence-electron chi connectivity index (χ1n) is 5.35. The van der Waals surface area contributed by atoms with Gasteiger partial charge in [0.05, 0.1) is 0 Å². The molecule has 0 saturated carbocycles.